The first-order valence-electron chi connectivity index (χ1n) is 10.1. The average molecular weight is 382 g/mol. The molecule has 6 heteroatoms. The molecule has 1 aromatic carbocycles. The van der Waals surface area contributed by atoms with Gasteiger partial charge in [-0.05, 0) is 37.0 Å². The largest absolute Gasteiger partial charge is 0.481 e. The number of likely N-dealkylation sites (tertiary alicyclic amines) is 1. The van der Waals surface area contributed by atoms with Crippen LogP contribution in [0.25, 0.3) is 0 Å². The van der Waals surface area contributed by atoms with Gasteiger partial charge in [0.1, 0.15) is 0 Å². The molecule has 2 N–H and O–H groups in total. The lowest BCUT2D eigenvalue weighted by Crippen LogP contribution is -2.48. The van der Waals surface area contributed by atoms with Crippen LogP contribution in [0.1, 0.15) is 30.9 Å². The van der Waals surface area contributed by atoms with Gasteiger partial charge in [0.25, 0.3) is 0 Å². The minimum Gasteiger partial charge on any atom is -0.481 e. The summed E-state index contributed by atoms with van der Waals surface area (Å²) in [6, 6.07) is 15.1. The molecule has 0 aliphatic carbocycles. The summed E-state index contributed by atoms with van der Waals surface area (Å²) in [6.45, 7) is 6.78. The molecule has 0 spiro atoms. The lowest BCUT2D eigenvalue weighted by Gasteiger charge is -2.33. The molecule has 2 aromatic rings. The van der Waals surface area contributed by atoms with Crippen molar-refractivity contribution >= 4 is 5.96 Å². The second kappa shape index (κ2) is 10.7. The van der Waals surface area contributed by atoms with E-state index in [0.29, 0.717) is 18.5 Å². The average Bonchev–Trinajstić information content (AvgIpc) is 2.74. The fraction of sp³-hybridized carbons (Fsp3) is 0.455. The third-order valence-electron chi connectivity index (χ3n) is 4.95. The normalized spacial score (nSPS) is 16.0. The van der Waals surface area contributed by atoms with Crippen molar-refractivity contribution in [1.29, 1.82) is 0 Å². The van der Waals surface area contributed by atoms with Gasteiger partial charge in [0.05, 0.1) is 13.7 Å². The third-order valence-corrected chi connectivity index (χ3v) is 4.95. The summed E-state index contributed by atoms with van der Waals surface area (Å²) in [6.07, 6.45) is 4.01. The monoisotopic (exact) mass is 381 g/mol. The number of piperidine rings is 1. The first-order valence-corrected chi connectivity index (χ1v) is 10.1. The lowest BCUT2D eigenvalue weighted by atomic mass is 10.0. The number of nitrogens with zero attached hydrogens (tertiary/aromatic N) is 3. The van der Waals surface area contributed by atoms with Gasteiger partial charge < -0.3 is 15.4 Å². The number of hydrogen-bond acceptors (Lipinski definition) is 4. The Kier molecular flexibility index (Phi) is 7.67. The van der Waals surface area contributed by atoms with E-state index < -0.39 is 0 Å². The second-order valence-corrected chi connectivity index (χ2v) is 7.08. The molecular formula is C22H31N5O. The summed E-state index contributed by atoms with van der Waals surface area (Å²) in [7, 11) is 1.63. The van der Waals surface area contributed by atoms with E-state index in [2.05, 4.69) is 57.8 Å². The Morgan fingerprint density at radius 3 is 2.68 bits per heavy atom. The third kappa shape index (κ3) is 6.23. The van der Waals surface area contributed by atoms with E-state index in [9.17, 15) is 0 Å². The summed E-state index contributed by atoms with van der Waals surface area (Å²) >= 11 is 0. The summed E-state index contributed by atoms with van der Waals surface area (Å²) in [4.78, 5) is 11.4. The smallest absolute Gasteiger partial charge is 0.213 e. The first-order chi connectivity index (χ1) is 13.8. The van der Waals surface area contributed by atoms with Crippen LogP contribution >= 0.6 is 0 Å². The number of aromatic nitrogens is 1. The zero-order valence-corrected chi connectivity index (χ0v) is 16.9. The van der Waals surface area contributed by atoms with Gasteiger partial charge in [-0.25, -0.2) is 9.98 Å². The molecule has 1 aromatic heterocycles. The molecule has 6 nitrogen and oxygen atoms in total. The number of rotatable bonds is 7. The molecule has 0 amide bonds. The van der Waals surface area contributed by atoms with E-state index in [-0.39, 0.29) is 0 Å². The van der Waals surface area contributed by atoms with Crippen LogP contribution in [0.15, 0.2) is 53.7 Å². The molecular weight excluding hydrogens is 350 g/mol. The van der Waals surface area contributed by atoms with E-state index in [4.69, 9.17) is 9.73 Å². The number of nitrogens with one attached hydrogen (secondary N) is 2. The van der Waals surface area contributed by atoms with Crippen LogP contribution in [-0.2, 0) is 13.1 Å². The second-order valence-electron chi connectivity index (χ2n) is 7.08. The molecule has 0 radical (unpaired) electrons. The standard InChI is InChI=1S/C22H31N5O/c1-3-23-22(25-16-19-9-12-24-21(15-19)28-2)26-20-10-13-27(14-11-20)17-18-7-5-4-6-8-18/h4-9,12,15,20H,3,10-11,13-14,16-17H2,1-2H3,(H2,23,25,26). The minimum atomic E-state index is 0.455. The minimum absolute atomic E-state index is 0.455. The van der Waals surface area contributed by atoms with Crippen LogP contribution in [0.3, 0.4) is 0 Å². The van der Waals surface area contributed by atoms with Gasteiger partial charge in [-0.1, -0.05) is 30.3 Å². The zero-order valence-electron chi connectivity index (χ0n) is 16.9. The maximum absolute atomic E-state index is 5.19. The van der Waals surface area contributed by atoms with Crippen LogP contribution < -0.4 is 15.4 Å². The molecule has 0 atom stereocenters. The Morgan fingerprint density at radius 2 is 1.96 bits per heavy atom. The van der Waals surface area contributed by atoms with E-state index >= 15 is 0 Å². The van der Waals surface area contributed by atoms with Crippen molar-refractivity contribution < 1.29 is 4.74 Å². The van der Waals surface area contributed by atoms with E-state index in [0.717, 1.165) is 50.5 Å². The van der Waals surface area contributed by atoms with Crippen molar-refractivity contribution in [2.75, 3.05) is 26.7 Å². The van der Waals surface area contributed by atoms with Crippen molar-refractivity contribution in [2.24, 2.45) is 4.99 Å². The van der Waals surface area contributed by atoms with Gasteiger partial charge >= 0.3 is 0 Å². The Morgan fingerprint density at radius 1 is 1.18 bits per heavy atom. The summed E-state index contributed by atoms with van der Waals surface area (Å²) < 4.78 is 5.19. The van der Waals surface area contributed by atoms with Crippen LogP contribution in [0, 0.1) is 0 Å². The van der Waals surface area contributed by atoms with Gasteiger partial charge in [-0.15, -0.1) is 0 Å². The predicted octanol–water partition coefficient (Wildman–Crippen LogP) is 2.81. The van der Waals surface area contributed by atoms with Crippen LogP contribution in [0.4, 0.5) is 0 Å². The molecule has 0 bridgehead atoms. The molecule has 1 aliphatic heterocycles. The Balaban J connectivity index is 1.50. The number of methoxy groups -OCH3 is 1. The van der Waals surface area contributed by atoms with Crippen LogP contribution in [-0.4, -0.2) is 48.6 Å². The first kappa shape index (κ1) is 20.1. The van der Waals surface area contributed by atoms with Crippen molar-refractivity contribution in [3.8, 4) is 5.88 Å². The van der Waals surface area contributed by atoms with E-state index in [1.807, 2.05) is 12.1 Å². The molecule has 0 unspecified atom stereocenters. The highest BCUT2D eigenvalue weighted by Crippen LogP contribution is 2.14. The number of benzene rings is 1. The highest BCUT2D eigenvalue weighted by Gasteiger charge is 2.20. The van der Waals surface area contributed by atoms with E-state index in [1.165, 1.54) is 5.56 Å². The Bertz CT molecular complexity index is 742. The van der Waals surface area contributed by atoms with Crippen molar-refractivity contribution in [2.45, 2.75) is 38.9 Å². The Hall–Kier alpha value is -2.60. The fourth-order valence-electron chi connectivity index (χ4n) is 3.42. The molecule has 0 saturated carbocycles. The number of hydrogen-bond donors (Lipinski definition) is 2. The van der Waals surface area contributed by atoms with Gasteiger partial charge in [0, 0.05) is 44.5 Å². The van der Waals surface area contributed by atoms with Crippen LogP contribution in [0.2, 0.25) is 0 Å². The van der Waals surface area contributed by atoms with Gasteiger partial charge in [0.2, 0.25) is 5.88 Å². The van der Waals surface area contributed by atoms with Crippen molar-refractivity contribution in [3.05, 3.63) is 59.8 Å². The summed E-state index contributed by atoms with van der Waals surface area (Å²) in [5.41, 5.74) is 2.47. The number of ether oxygens (including phenoxy) is 1. The number of guanidine groups is 1. The topological polar surface area (TPSA) is 61.8 Å². The molecule has 2 heterocycles. The quantitative estimate of drug-likeness (QED) is 0.570. The Labute approximate surface area is 168 Å². The van der Waals surface area contributed by atoms with E-state index in [1.54, 1.807) is 13.3 Å². The predicted molar refractivity (Wildman–Crippen MR) is 113 cm³/mol. The lowest BCUT2D eigenvalue weighted by molar-refractivity contribution is 0.198. The van der Waals surface area contributed by atoms with Gasteiger partial charge in [-0.2, -0.15) is 0 Å². The fourth-order valence-corrected chi connectivity index (χ4v) is 3.42. The zero-order chi connectivity index (χ0) is 19.6. The molecule has 1 saturated heterocycles. The number of aliphatic imine (C=N–C) groups is 1. The van der Waals surface area contributed by atoms with Crippen molar-refractivity contribution in [1.82, 2.24) is 20.5 Å². The van der Waals surface area contributed by atoms with Crippen molar-refractivity contribution in [3.63, 3.8) is 0 Å². The summed E-state index contributed by atoms with van der Waals surface area (Å²) in [5, 5.41) is 6.96. The molecule has 3 rings (SSSR count). The van der Waals surface area contributed by atoms with Gasteiger partial charge in [-0.3, -0.25) is 4.90 Å². The van der Waals surface area contributed by atoms with Crippen LogP contribution in [0.5, 0.6) is 5.88 Å². The molecule has 150 valence electrons. The highest BCUT2D eigenvalue weighted by molar-refractivity contribution is 5.80. The van der Waals surface area contributed by atoms with Gasteiger partial charge in [0.15, 0.2) is 5.96 Å². The molecule has 1 aliphatic rings. The molecule has 28 heavy (non-hydrogen) atoms. The SMILES string of the molecule is CCNC(=NCc1ccnc(OC)c1)NC1CCN(Cc2ccccc2)CC1. The summed E-state index contributed by atoms with van der Waals surface area (Å²) in [5.74, 6) is 1.50. The molecule has 1 fully saturated rings. The maximum Gasteiger partial charge on any atom is 0.213 e. The number of pyridine rings is 1. The highest BCUT2D eigenvalue weighted by atomic mass is 16.5. The maximum atomic E-state index is 5.19.